The van der Waals surface area contributed by atoms with Crippen LogP contribution in [-0.4, -0.2) is 43.9 Å². The summed E-state index contributed by atoms with van der Waals surface area (Å²) in [5, 5.41) is 7.01. The first kappa shape index (κ1) is 24.7. The highest BCUT2D eigenvalue weighted by molar-refractivity contribution is 5.97. The van der Waals surface area contributed by atoms with E-state index >= 15 is 0 Å². The van der Waals surface area contributed by atoms with E-state index in [9.17, 15) is 18.4 Å². The molecule has 0 fully saturated rings. The number of nitrogens with zero attached hydrogens (tertiary/aromatic N) is 4. The summed E-state index contributed by atoms with van der Waals surface area (Å²) >= 11 is 0. The van der Waals surface area contributed by atoms with Gasteiger partial charge in [-0.3, -0.25) is 9.48 Å². The van der Waals surface area contributed by atoms with Crippen LogP contribution in [0, 0.1) is 18.6 Å². The molecular formula is C23H25F2N5O4. The molecule has 2 aromatic heterocycles. The van der Waals surface area contributed by atoms with E-state index in [0.717, 1.165) is 12.1 Å². The number of carbonyl (C=O) groups excluding carboxylic acids is 2. The van der Waals surface area contributed by atoms with Gasteiger partial charge in [0.2, 0.25) is 0 Å². The fourth-order valence-electron chi connectivity index (χ4n) is 3.09. The lowest BCUT2D eigenvalue weighted by Crippen LogP contribution is -2.26. The van der Waals surface area contributed by atoms with Crippen LogP contribution in [0.25, 0.3) is 11.4 Å². The quantitative estimate of drug-likeness (QED) is 0.509. The van der Waals surface area contributed by atoms with E-state index in [1.807, 2.05) is 0 Å². The molecule has 0 amide bonds. The lowest BCUT2D eigenvalue weighted by molar-refractivity contribution is -0.155. The van der Waals surface area contributed by atoms with Gasteiger partial charge in [0.25, 0.3) is 0 Å². The van der Waals surface area contributed by atoms with Crippen molar-refractivity contribution in [2.75, 3.05) is 11.9 Å². The SMILES string of the molecule is CCOC(=O)c1c(C)nc(-c2c(F)cccc2F)nc1Nc1cnn(CC(=O)OC(C)(C)C)c1. The largest absolute Gasteiger partial charge is 0.462 e. The van der Waals surface area contributed by atoms with Gasteiger partial charge in [0, 0.05) is 6.20 Å². The molecule has 9 nitrogen and oxygen atoms in total. The standard InChI is InChI=1S/C23H25F2N5O4/c1-6-33-22(32)18-13(2)27-21(19-15(24)8-7-9-16(19)25)29-20(18)28-14-10-26-30(11-14)12-17(31)34-23(3,4)5/h7-11H,6,12H2,1-5H3,(H,27,28,29). The second-order valence-electron chi connectivity index (χ2n) is 8.31. The highest BCUT2D eigenvalue weighted by Crippen LogP contribution is 2.28. The van der Waals surface area contributed by atoms with Crippen LogP contribution in [0.1, 0.15) is 43.7 Å². The Bertz CT molecular complexity index is 1200. The van der Waals surface area contributed by atoms with Crippen molar-refractivity contribution < 1.29 is 27.8 Å². The van der Waals surface area contributed by atoms with Crippen LogP contribution in [0.15, 0.2) is 30.6 Å². The van der Waals surface area contributed by atoms with Crippen LogP contribution >= 0.6 is 0 Å². The Morgan fingerprint density at radius 2 is 1.82 bits per heavy atom. The molecule has 0 aliphatic carbocycles. The van der Waals surface area contributed by atoms with Crippen LogP contribution in [0.3, 0.4) is 0 Å². The Morgan fingerprint density at radius 3 is 2.44 bits per heavy atom. The highest BCUT2D eigenvalue weighted by Gasteiger charge is 2.24. The maximum Gasteiger partial charge on any atom is 0.343 e. The molecule has 0 saturated heterocycles. The van der Waals surface area contributed by atoms with Gasteiger partial charge in [-0.15, -0.1) is 0 Å². The molecule has 1 aromatic carbocycles. The van der Waals surface area contributed by atoms with Crippen LogP contribution in [-0.2, 0) is 20.8 Å². The van der Waals surface area contributed by atoms with Crippen LogP contribution in [0.4, 0.5) is 20.3 Å². The van der Waals surface area contributed by atoms with Crippen molar-refractivity contribution in [2.24, 2.45) is 0 Å². The number of hydrogen-bond donors (Lipinski definition) is 1. The normalized spacial score (nSPS) is 11.3. The predicted molar refractivity (Wildman–Crippen MR) is 119 cm³/mol. The van der Waals surface area contributed by atoms with Gasteiger partial charge in [-0.25, -0.2) is 23.5 Å². The number of aryl methyl sites for hydroxylation is 1. The van der Waals surface area contributed by atoms with Gasteiger partial charge in [-0.2, -0.15) is 5.10 Å². The molecule has 0 atom stereocenters. The Morgan fingerprint density at radius 1 is 1.15 bits per heavy atom. The molecule has 3 rings (SSSR count). The van der Waals surface area contributed by atoms with Crippen molar-refractivity contribution in [3.8, 4) is 11.4 Å². The molecule has 3 aromatic rings. The smallest absolute Gasteiger partial charge is 0.343 e. The van der Waals surface area contributed by atoms with E-state index < -0.39 is 34.7 Å². The van der Waals surface area contributed by atoms with E-state index in [0.29, 0.717) is 5.69 Å². The van der Waals surface area contributed by atoms with E-state index in [4.69, 9.17) is 9.47 Å². The molecule has 180 valence electrons. The molecule has 0 aliphatic rings. The van der Waals surface area contributed by atoms with Crippen molar-refractivity contribution in [3.05, 3.63) is 53.5 Å². The maximum absolute atomic E-state index is 14.4. The molecule has 11 heteroatoms. The number of nitrogens with one attached hydrogen (secondary N) is 1. The van der Waals surface area contributed by atoms with Crippen LogP contribution < -0.4 is 5.32 Å². The van der Waals surface area contributed by atoms with Gasteiger partial charge in [0.15, 0.2) is 5.82 Å². The molecule has 0 saturated carbocycles. The molecule has 1 N–H and O–H groups in total. The minimum absolute atomic E-state index is 0.00207. The van der Waals surface area contributed by atoms with Crippen LogP contribution in [0.2, 0.25) is 0 Å². The van der Waals surface area contributed by atoms with E-state index in [-0.39, 0.29) is 36.1 Å². The second kappa shape index (κ2) is 9.94. The first-order valence-corrected chi connectivity index (χ1v) is 10.5. The topological polar surface area (TPSA) is 108 Å². The van der Waals surface area contributed by atoms with Gasteiger partial charge in [-0.1, -0.05) is 6.07 Å². The number of benzene rings is 1. The van der Waals surface area contributed by atoms with Crippen molar-refractivity contribution in [2.45, 2.75) is 46.8 Å². The zero-order chi connectivity index (χ0) is 25.0. The van der Waals surface area contributed by atoms with E-state index in [1.54, 1.807) is 27.7 Å². The summed E-state index contributed by atoms with van der Waals surface area (Å²) in [6.45, 7) is 8.38. The Labute approximate surface area is 195 Å². The first-order valence-electron chi connectivity index (χ1n) is 10.5. The number of anilines is 2. The number of rotatable bonds is 7. The summed E-state index contributed by atoms with van der Waals surface area (Å²) in [7, 11) is 0. The lowest BCUT2D eigenvalue weighted by atomic mass is 10.1. The summed E-state index contributed by atoms with van der Waals surface area (Å²) in [5.74, 6) is -3.15. The zero-order valence-corrected chi connectivity index (χ0v) is 19.5. The highest BCUT2D eigenvalue weighted by atomic mass is 19.1. The summed E-state index contributed by atoms with van der Waals surface area (Å²) in [6, 6.07) is 3.40. The number of hydrogen-bond acceptors (Lipinski definition) is 8. The maximum atomic E-state index is 14.4. The number of aromatic nitrogens is 4. The van der Waals surface area contributed by atoms with Gasteiger partial charge in [0.05, 0.1) is 29.7 Å². The third-order valence-electron chi connectivity index (χ3n) is 4.36. The number of halogens is 2. The van der Waals surface area contributed by atoms with Crippen molar-refractivity contribution in [1.82, 2.24) is 19.7 Å². The minimum Gasteiger partial charge on any atom is -0.462 e. The average Bonchev–Trinajstić information content (AvgIpc) is 3.12. The fraction of sp³-hybridized carbons (Fsp3) is 0.348. The Kier molecular flexibility index (Phi) is 7.23. The first-order chi connectivity index (χ1) is 16.0. The fourth-order valence-corrected chi connectivity index (χ4v) is 3.09. The van der Waals surface area contributed by atoms with Crippen LogP contribution in [0.5, 0.6) is 0 Å². The Hall–Kier alpha value is -3.89. The molecular weight excluding hydrogens is 448 g/mol. The summed E-state index contributed by atoms with van der Waals surface area (Å²) in [4.78, 5) is 33.0. The van der Waals surface area contributed by atoms with E-state index in [1.165, 1.54) is 30.1 Å². The number of carbonyl (C=O) groups is 2. The molecule has 0 radical (unpaired) electrons. The molecule has 0 bridgehead atoms. The summed E-state index contributed by atoms with van der Waals surface area (Å²) in [5.41, 5.74) is -0.537. The third-order valence-corrected chi connectivity index (χ3v) is 4.36. The average molecular weight is 473 g/mol. The molecule has 34 heavy (non-hydrogen) atoms. The van der Waals surface area contributed by atoms with Gasteiger partial charge in [0.1, 0.15) is 35.2 Å². The molecule has 0 aliphatic heterocycles. The summed E-state index contributed by atoms with van der Waals surface area (Å²) < 4.78 is 40.4. The van der Waals surface area contributed by atoms with Crippen molar-refractivity contribution >= 4 is 23.4 Å². The third kappa shape index (κ3) is 5.91. The van der Waals surface area contributed by atoms with Gasteiger partial charge < -0.3 is 14.8 Å². The monoisotopic (exact) mass is 473 g/mol. The minimum atomic E-state index is -0.848. The second-order valence-corrected chi connectivity index (χ2v) is 8.31. The zero-order valence-electron chi connectivity index (χ0n) is 19.5. The summed E-state index contributed by atoms with van der Waals surface area (Å²) in [6.07, 6.45) is 2.90. The molecule has 2 heterocycles. The van der Waals surface area contributed by atoms with Crippen molar-refractivity contribution in [1.29, 1.82) is 0 Å². The van der Waals surface area contributed by atoms with Gasteiger partial charge >= 0.3 is 11.9 Å². The van der Waals surface area contributed by atoms with Gasteiger partial charge in [-0.05, 0) is 46.8 Å². The number of ether oxygens (including phenoxy) is 2. The molecule has 0 unspecified atom stereocenters. The molecule has 0 spiro atoms. The van der Waals surface area contributed by atoms with E-state index in [2.05, 4.69) is 20.4 Å². The lowest BCUT2D eigenvalue weighted by Gasteiger charge is -2.19. The Balaban J connectivity index is 1.98. The van der Waals surface area contributed by atoms with Crippen molar-refractivity contribution in [3.63, 3.8) is 0 Å². The number of esters is 2. The predicted octanol–water partition coefficient (Wildman–Crippen LogP) is 4.19.